The monoisotopic (exact) mass is 377 g/mol. The van der Waals surface area contributed by atoms with Crippen LogP contribution in [0, 0.1) is 6.92 Å². The number of aryl methyl sites for hydroxylation is 1. The van der Waals surface area contributed by atoms with E-state index in [9.17, 15) is 9.59 Å². The SMILES string of the molecule is Cc1cc(CSc2ncccc2C(=O)O[C@@H](C)C(=O)NC(C)(C)C)no1. The van der Waals surface area contributed by atoms with E-state index in [0.717, 1.165) is 11.5 Å². The third-order valence-corrected chi connectivity index (χ3v) is 4.21. The molecule has 2 aromatic heterocycles. The number of thioether (sulfide) groups is 1. The van der Waals surface area contributed by atoms with Crippen molar-refractivity contribution in [3.63, 3.8) is 0 Å². The fourth-order valence-corrected chi connectivity index (χ4v) is 2.90. The van der Waals surface area contributed by atoms with Crippen LogP contribution in [0.4, 0.5) is 0 Å². The van der Waals surface area contributed by atoms with Gasteiger partial charge in [0, 0.05) is 23.6 Å². The number of aromatic nitrogens is 2. The van der Waals surface area contributed by atoms with E-state index >= 15 is 0 Å². The molecule has 1 atom stereocenters. The summed E-state index contributed by atoms with van der Waals surface area (Å²) < 4.78 is 10.3. The van der Waals surface area contributed by atoms with Crippen molar-refractivity contribution in [2.24, 2.45) is 0 Å². The standard InChI is InChI=1S/C18H23N3O4S/c1-11-9-13(21-25-11)10-26-16-14(7-6-8-19-16)17(23)24-12(2)15(22)20-18(3,4)5/h6-9,12H,10H2,1-5H3,(H,20,22)/t12-/m0/s1. The summed E-state index contributed by atoms with van der Waals surface area (Å²) in [6.45, 7) is 8.94. The molecule has 0 spiro atoms. The van der Waals surface area contributed by atoms with E-state index < -0.39 is 17.6 Å². The summed E-state index contributed by atoms with van der Waals surface area (Å²) in [5.41, 5.74) is 0.673. The van der Waals surface area contributed by atoms with Gasteiger partial charge in [-0.3, -0.25) is 4.79 Å². The number of hydrogen-bond donors (Lipinski definition) is 1. The third-order valence-electron chi connectivity index (χ3n) is 3.18. The van der Waals surface area contributed by atoms with Crippen molar-refractivity contribution in [2.75, 3.05) is 0 Å². The highest BCUT2D eigenvalue weighted by atomic mass is 32.2. The molecule has 140 valence electrons. The lowest BCUT2D eigenvalue weighted by Gasteiger charge is -2.23. The van der Waals surface area contributed by atoms with Crippen LogP contribution in [-0.4, -0.2) is 33.7 Å². The lowest BCUT2D eigenvalue weighted by atomic mass is 10.1. The number of esters is 1. The zero-order valence-corrected chi connectivity index (χ0v) is 16.3. The van der Waals surface area contributed by atoms with Crippen LogP contribution in [0.1, 0.15) is 49.5 Å². The predicted octanol–water partition coefficient (Wildman–Crippen LogP) is 3.13. The van der Waals surface area contributed by atoms with Gasteiger partial charge in [-0.15, -0.1) is 0 Å². The Kier molecular flexibility index (Phi) is 6.42. The molecule has 0 unspecified atom stereocenters. The van der Waals surface area contributed by atoms with Gasteiger partial charge in [0.05, 0.1) is 11.3 Å². The molecule has 0 bridgehead atoms. The van der Waals surface area contributed by atoms with Gasteiger partial charge in [-0.05, 0) is 46.8 Å². The number of pyridine rings is 1. The minimum Gasteiger partial charge on any atom is -0.449 e. The number of amides is 1. The fourth-order valence-electron chi connectivity index (χ4n) is 2.04. The first kappa shape index (κ1) is 20.0. The van der Waals surface area contributed by atoms with Crippen molar-refractivity contribution in [3.05, 3.63) is 41.4 Å². The first-order valence-electron chi connectivity index (χ1n) is 8.19. The molecule has 0 saturated heterocycles. The fraction of sp³-hybridized carbons (Fsp3) is 0.444. The maximum Gasteiger partial charge on any atom is 0.341 e. The molecule has 0 aliphatic heterocycles. The molecule has 0 aliphatic carbocycles. The molecular weight excluding hydrogens is 354 g/mol. The molecule has 8 heteroatoms. The van der Waals surface area contributed by atoms with E-state index in [4.69, 9.17) is 9.26 Å². The van der Waals surface area contributed by atoms with Crippen LogP contribution in [0.2, 0.25) is 0 Å². The first-order chi connectivity index (χ1) is 12.2. The summed E-state index contributed by atoms with van der Waals surface area (Å²) in [6, 6.07) is 5.10. The second-order valence-electron chi connectivity index (χ2n) is 6.86. The number of nitrogens with one attached hydrogen (secondary N) is 1. The summed E-state index contributed by atoms with van der Waals surface area (Å²) in [5, 5.41) is 7.22. The first-order valence-corrected chi connectivity index (χ1v) is 9.17. The smallest absolute Gasteiger partial charge is 0.341 e. The predicted molar refractivity (Wildman–Crippen MR) is 97.8 cm³/mol. The average molecular weight is 377 g/mol. The molecule has 0 saturated carbocycles. The largest absolute Gasteiger partial charge is 0.449 e. The average Bonchev–Trinajstić information content (AvgIpc) is 2.97. The Bertz CT molecular complexity index is 783. The van der Waals surface area contributed by atoms with Gasteiger partial charge in [-0.1, -0.05) is 16.9 Å². The van der Waals surface area contributed by atoms with E-state index in [-0.39, 0.29) is 5.91 Å². The quantitative estimate of drug-likeness (QED) is 0.610. The summed E-state index contributed by atoms with van der Waals surface area (Å²) in [5.74, 6) is 0.296. The molecule has 1 N–H and O–H groups in total. The molecule has 1 amide bonds. The molecule has 0 aromatic carbocycles. The topological polar surface area (TPSA) is 94.3 Å². The molecule has 26 heavy (non-hydrogen) atoms. The van der Waals surface area contributed by atoms with Gasteiger partial charge in [0.25, 0.3) is 5.91 Å². The van der Waals surface area contributed by atoms with Crippen molar-refractivity contribution < 1.29 is 18.8 Å². The second kappa shape index (κ2) is 8.35. The minimum absolute atomic E-state index is 0.313. The van der Waals surface area contributed by atoms with E-state index in [1.54, 1.807) is 25.3 Å². The van der Waals surface area contributed by atoms with E-state index in [0.29, 0.717) is 16.3 Å². The Labute approximate surface area is 156 Å². The number of ether oxygens (including phenoxy) is 1. The molecule has 0 aliphatic rings. The molecule has 2 aromatic rings. The summed E-state index contributed by atoms with van der Waals surface area (Å²) in [4.78, 5) is 28.8. The zero-order chi connectivity index (χ0) is 19.3. The van der Waals surface area contributed by atoms with Gasteiger partial charge in [-0.2, -0.15) is 0 Å². The highest BCUT2D eigenvalue weighted by Crippen LogP contribution is 2.25. The molecular formula is C18H23N3O4S. The number of rotatable bonds is 6. The van der Waals surface area contributed by atoms with Crippen molar-refractivity contribution in [2.45, 2.75) is 57.0 Å². The van der Waals surface area contributed by atoms with Crippen molar-refractivity contribution in [3.8, 4) is 0 Å². The summed E-state index contributed by atoms with van der Waals surface area (Å²) >= 11 is 1.35. The van der Waals surface area contributed by atoms with Crippen LogP contribution in [0.5, 0.6) is 0 Å². The second-order valence-corrected chi connectivity index (χ2v) is 7.82. The number of nitrogens with zero attached hydrogens (tertiary/aromatic N) is 2. The van der Waals surface area contributed by atoms with Crippen LogP contribution in [-0.2, 0) is 15.3 Å². The van der Waals surface area contributed by atoms with Gasteiger partial charge in [-0.25, -0.2) is 9.78 Å². The molecule has 0 radical (unpaired) electrons. The van der Waals surface area contributed by atoms with Crippen LogP contribution >= 0.6 is 11.8 Å². The van der Waals surface area contributed by atoms with Gasteiger partial charge >= 0.3 is 5.97 Å². The van der Waals surface area contributed by atoms with Crippen molar-refractivity contribution in [1.29, 1.82) is 0 Å². The lowest BCUT2D eigenvalue weighted by Crippen LogP contribution is -2.46. The zero-order valence-electron chi connectivity index (χ0n) is 15.5. The molecule has 0 fully saturated rings. The van der Waals surface area contributed by atoms with Gasteiger partial charge in [0.15, 0.2) is 6.10 Å². The third kappa shape index (κ3) is 5.87. The van der Waals surface area contributed by atoms with Crippen molar-refractivity contribution >= 4 is 23.6 Å². The maximum absolute atomic E-state index is 12.5. The maximum atomic E-state index is 12.5. The van der Waals surface area contributed by atoms with Crippen LogP contribution < -0.4 is 5.32 Å². The van der Waals surface area contributed by atoms with E-state index in [1.165, 1.54) is 11.8 Å². The molecule has 7 nitrogen and oxygen atoms in total. The van der Waals surface area contributed by atoms with Gasteiger partial charge in [0.2, 0.25) is 0 Å². The van der Waals surface area contributed by atoms with Crippen LogP contribution in [0.15, 0.2) is 33.9 Å². The Morgan fingerprint density at radius 3 is 2.73 bits per heavy atom. The minimum atomic E-state index is -0.905. The van der Waals surface area contributed by atoms with Crippen molar-refractivity contribution in [1.82, 2.24) is 15.5 Å². The summed E-state index contributed by atoms with van der Waals surface area (Å²) in [7, 11) is 0. The number of carbonyl (C=O) groups excluding carboxylic acids is 2. The molecule has 2 rings (SSSR count). The van der Waals surface area contributed by atoms with Crippen LogP contribution in [0.25, 0.3) is 0 Å². The highest BCUT2D eigenvalue weighted by Gasteiger charge is 2.24. The lowest BCUT2D eigenvalue weighted by molar-refractivity contribution is -0.130. The normalized spacial score (nSPS) is 12.5. The Hall–Kier alpha value is -2.35. The number of carbonyl (C=O) groups is 2. The Morgan fingerprint density at radius 2 is 2.12 bits per heavy atom. The molecule has 2 heterocycles. The Balaban J connectivity index is 2.03. The van der Waals surface area contributed by atoms with E-state index in [2.05, 4.69) is 15.5 Å². The Morgan fingerprint density at radius 1 is 1.38 bits per heavy atom. The summed E-state index contributed by atoms with van der Waals surface area (Å²) in [6.07, 6.45) is 0.695. The highest BCUT2D eigenvalue weighted by molar-refractivity contribution is 7.98. The number of hydrogen-bond acceptors (Lipinski definition) is 7. The van der Waals surface area contributed by atoms with Crippen LogP contribution in [0.3, 0.4) is 0 Å². The van der Waals surface area contributed by atoms with Gasteiger partial charge in [0.1, 0.15) is 10.8 Å². The van der Waals surface area contributed by atoms with E-state index in [1.807, 2.05) is 33.8 Å². The van der Waals surface area contributed by atoms with Gasteiger partial charge < -0.3 is 14.6 Å².